The molecule has 2 aromatic carbocycles. The Morgan fingerprint density at radius 1 is 1.18 bits per heavy atom. The third-order valence-electron chi connectivity index (χ3n) is 7.84. The number of hydrogen-bond donors (Lipinski definition) is 2. The van der Waals surface area contributed by atoms with Gasteiger partial charge in [-0.3, -0.25) is 19.7 Å². The number of rotatable bonds is 6. The molecule has 196 valence electrons. The number of phenolic OH excluding ortho intramolecular Hbond substituents is 1. The fourth-order valence-corrected chi connectivity index (χ4v) is 6.25. The summed E-state index contributed by atoms with van der Waals surface area (Å²) in [6, 6.07) is 12.6. The van der Waals surface area contributed by atoms with Gasteiger partial charge in [0.05, 0.1) is 28.6 Å². The average molecular weight is 516 g/mol. The molecule has 0 radical (unpaired) electrons. The van der Waals surface area contributed by atoms with E-state index in [-0.39, 0.29) is 41.2 Å². The number of nitro groups is 1. The number of benzene rings is 2. The molecule has 0 spiro atoms. The van der Waals surface area contributed by atoms with E-state index in [9.17, 15) is 29.8 Å². The highest BCUT2D eigenvalue weighted by Crippen LogP contribution is 2.51. The quantitative estimate of drug-likeness (QED) is 0.190. The van der Waals surface area contributed by atoms with E-state index in [0.29, 0.717) is 19.3 Å². The molecule has 2 amide bonds. The van der Waals surface area contributed by atoms with E-state index in [4.69, 9.17) is 4.65 Å². The Labute approximate surface area is 220 Å². The van der Waals surface area contributed by atoms with Crippen LogP contribution in [0.4, 0.5) is 11.4 Å². The van der Waals surface area contributed by atoms with Crippen LogP contribution in [-0.2, 0) is 14.2 Å². The first-order chi connectivity index (χ1) is 18.1. The SMILES string of the molecule is CC1=C2[C@@H](CC/C(C)=C/c3cccc(O)c3)OB(O)C[C@@H]2[C@@H]2C(=O)N(c3cccc([N+](=O)[O-])c3)C(=O)[C@@H]2C1. The number of non-ortho nitro benzene ring substituents is 1. The standard InChI is InChI=1S/C28H29BN2O7/c1-16(11-18-5-3-8-21(32)13-18)9-10-24-25-17(2)12-22-26(23(25)15-29(35)38-24)28(34)30(27(22)33)19-6-4-7-20(14-19)31(36)37/h3-8,11,13-14,22-24,26,32,35H,9-10,12,15H2,1-2H3/b16-11+/t22-,23+,24-,26-/m1/s1. The molecule has 0 bridgehead atoms. The van der Waals surface area contributed by atoms with Gasteiger partial charge in [0.25, 0.3) is 5.69 Å². The Kier molecular flexibility index (Phi) is 6.94. The first-order valence-corrected chi connectivity index (χ1v) is 12.8. The second-order valence-corrected chi connectivity index (χ2v) is 10.4. The van der Waals surface area contributed by atoms with Crippen molar-refractivity contribution in [3.05, 3.63) is 80.9 Å². The maximum Gasteiger partial charge on any atom is 0.455 e. The Morgan fingerprint density at radius 2 is 1.95 bits per heavy atom. The number of allylic oxidation sites excluding steroid dienone is 2. The van der Waals surface area contributed by atoms with Gasteiger partial charge in [0.1, 0.15) is 5.75 Å². The summed E-state index contributed by atoms with van der Waals surface area (Å²) in [5.74, 6) is -2.12. The van der Waals surface area contributed by atoms with Crippen LogP contribution in [0.5, 0.6) is 5.75 Å². The molecule has 10 heteroatoms. The van der Waals surface area contributed by atoms with Crippen molar-refractivity contribution in [1.82, 2.24) is 0 Å². The van der Waals surface area contributed by atoms with Gasteiger partial charge >= 0.3 is 7.12 Å². The zero-order chi connectivity index (χ0) is 27.1. The summed E-state index contributed by atoms with van der Waals surface area (Å²) in [7, 11) is -1.06. The van der Waals surface area contributed by atoms with E-state index >= 15 is 0 Å². The summed E-state index contributed by atoms with van der Waals surface area (Å²) < 4.78 is 5.96. The Bertz CT molecular complexity index is 1370. The maximum absolute atomic E-state index is 13.7. The maximum atomic E-state index is 13.7. The Balaban J connectivity index is 1.39. The fraction of sp³-hybridized carbons (Fsp3) is 0.357. The van der Waals surface area contributed by atoms with E-state index < -0.39 is 30.0 Å². The number of amides is 2. The van der Waals surface area contributed by atoms with Crippen molar-refractivity contribution < 1.29 is 29.3 Å². The number of aromatic hydroxyl groups is 1. The number of anilines is 1. The Hall–Kier alpha value is -3.76. The first-order valence-electron chi connectivity index (χ1n) is 12.8. The smallest absolute Gasteiger partial charge is 0.455 e. The number of hydrogen-bond acceptors (Lipinski definition) is 7. The van der Waals surface area contributed by atoms with Gasteiger partial charge in [0, 0.05) is 12.1 Å². The lowest BCUT2D eigenvalue weighted by atomic mass is 9.59. The minimum absolute atomic E-state index is 0.191. The molecule has 2 aromatic rings. The van der Waals surface area contributed by atoms with Gasteiger partial charge < -0.3 is 14.8 Å². The molecular weight excluding hydrogens is 487 g/mol. The number of carbonyl (C=O) groups is 2. The molecule has 2 aliphatic heterocycles. The minimum Gasteiger partial charge on any atom is -0.508 e. The lowest BCUT2D eigenvalue weighted by molar-refractivity contribution is -0.384. The van der Waals surface area contributed by atoms with Gasteiger partial charge in [0.2, 0.25) is 11.8 Å². The number of phenols is 1. The van der Waals surface area contributed by atoms with Crippen LogP contribution in [0.1, 0.15) is 38.7 Å². The minimum atomic E-state index is -1.06. The topological polar surface area (TPSA) is 130 Å². The van der Waals surface area contributed by atoms with Gasteiger partial charge in [-0.1, -0.05) is 35.4 Å². The molecule has 2 heterocycles. The molecule has 0 saturated carbocycles. The zero-order valence-electron chi connectivity index (χ0n) is 21.2. The molecule has 5 rings (SSSR count). The molecule has 2 saturated heterocycles. The van der Waals surface area contributed by atoms with Gasteiger partial charge in [-0.15, -0.1) is 0 Å². The number of carbonyl (C=O) groups excluding carboxylic acids is 2. The summed E-state index contributed by atoms with van der Waals surface area (Å²) in [6.45, 7) is 3.95. The zero-order valence-corrected chi connectivity index (χ0v) is 21.2. The van der Waals surface area contributed by atoms with E-state index in [2.05, 4.69) is 0 Å². The van der Waals surface area contributed by atoms with Crippen LogP contribution < -0.4 is 4.90 Å². The fourth-order valence-electron chi connectivity index (χ4n) is 6.25. The molecular formula is C28H29BN2O7. The molecule has 9 nitrogen and oxygen atoms in total. The van der Waals surface area contributed by atoms with Crippen molar-refractivity contribution in [3.8, 4) is 5.75 Å². The third kappa shape index (κ3) is 4.77. The van der Waals surface area contributed by atoms with Crippen LogP contribution in [0.2, 0.25) is 6.32 Å². The summed E-state index contributed by atoms with van der Waals surface area (Å²) in [5.41, 5.74) is 3.93. The largest absolute Gasteiger partial charge is 0.508 e. The van der Waals surface area contributed by atoms with Crippen LogP contribution in [0.3, 0.4) is 0 Å². The second kappa shape index (κ2) is 10.2. The van der Waals surface area contributed by atoms with Crippen molar-refractivity contribution in [2.45, 2.75) is 45.5 Å². The number of fused-ring (bicyclic) bond motifs is 3. The van der Waals surface area contributed by atoms with Gasteiger partial charge in [0.15, 0.2) is 0 Å². The predicted octanol–water partition coefficient (Wildman–Crippen LogP) is 4.51. The van der Waals surface area contributed by atoms with Crippen LogP contribution in [0.15, 0.2) is 65.3 Å². The molecule has 38 heavy (non-hydrogen) atoms. The van der Waals surface area contributed by atoms with Crippen molar-refractivity contribution >= 4 is 36.4 Å². The van der Waals surface area contributed by atoms with Crippen LogP contribution in [0, 0.1) is 27.9 Å². The number of nitro benzene ring substituents is 1. The Morgan fingerprint density at radius 3 is 2.68 bits per heavy atom. The van der Waals surface area contributed by atoms with Crippen molar-refractivity contribution in [2.24, 2.45) is 17.8 Å². The summed E-state index contributed by atoms with van der Waals surface area (Å²) in [5, 5.41) is 31.6. The van der Waals surface area contributed by atoms with E-state index in [1.54, 1.807) is 18.2 Å². The van der Waals surface area contributed by atoms with E-state index in [0.717, 1.165) is 27.2 Å². The molecule has 0 unspecified atom stereocenters. The summed E-state index contributed by atoms with van der Waals surface area (Å²) in [6.07, 6.45) is 3.48. The van der Waals surface area contributed by atoms with Crippen LogP contribution >= 0.6 is 0 Å². The molecule has 2 fully saturated rings. The highest BCUT2D eigenvalue weighted by molar-refractivity contribution is 6.43. The molecule has 4 atom stereocenters. The highest BCUT2D eigenvalue weighted by atomic mass is 16.6. The lowest BCUT2D eigenvalue weighted by Gasteiger charge is -2.42. The highest BCUT2D eigenvalue weighted by Gasteiger charge is 2.57. The van der Waals surface area contributed by atoms with Gasteiger partial charge in [-0.05, 0) is 74.7 Å². The van der Waals surface area contributed by atoms with Crippen molar-refractivity contribution in [1.29, 1.82) is 0 Å². The monoisotopic (exact) mass is 516 g/mol. The van der Waals surface area contributed by atoms with Crippen LogP contribution in [0.25, 0.3) is 6.08 Å². The second-order valence-electron chi connectivity index (χ2n) is 10.4. The summed E-state index contributed by atoms with van der Waals surface area (Å²) in [4.78, 5) is 38.9. The first kappa shape index (κ1) is 25.9. The van der Waals surface area contributed by atoms with Crippen molar-refractivity contribution in [3.63, 3.8) is 0 Å². The number of nitrogens with zero attached hydrogens (tertiary/aromatic N) is 2. The molecule has 2 N–H and O–H groups in total. The van der Waals surface area contributed by atoms with Gasteiger partial charge in [-0.25, -0.2) is 4.90 Å². The normalized spacial score (nSPS) is 25.5. The van der Waals surface area contributed by atoms with E-state index in [1.165, 1.54) is 24.3 Å². The number of imide groups is 1. The third-order valence-corrected chi connectivity index (χ3v) is 7.84. The molecule has 1 aliphatic carbocycles. The lowest BCUT2D eigenvalue weighted by Crippen LogP contribution is -2.46. The molecule has 0 aromatic heterocycles. The van der Waals surface area contributed by atoms with Crippen molar-refractivity contribution in [2.75, 3.05) is 4.90 Å². The average Bonchev–Trinajstić information content (AvgIpc) is 3.11. The predicted molar refractivity (Wildman–Crippen MR) is 142 cm³/mol. The molecule has 3 aliphatic rings. The summed E-state index contributed by atoms with van der Waals surface area (Å²) >= 11 is 0. The van der Waals surface area contributed by atoms with Crippen LogP contribution in [-0.4, -0.2) is 40.1 Å². The van der Waals surface area contributed by atoms with Gasteiger partial charge in [-0.2, -0.15) is 0 Å². The van der Waals surface area contributed by atoms with E-state index in [1.807, 2.05) is 26.0 Å².